The van der Waals surface area contributed by atoms with Gasteiger partial charge in [0.05, 0.1) is 25.1 Å². The number of rotatable bonds is 2. The number of nitrogen functional groups attached to an aromatic ring is 1. The molecule has 1 amide bonds. The number of aryl methyl sites for hydroxylation is 1. The molecule has 1 fully saturated rings. The van der Waals surface area contributed by atoms with E-state index >= 15 is 0 Å². The van der Waals surface area contributed by atoms with E-state index in [2.05, 4.69) is 41.0 Å². The summed E-state index contributed by atoms with van der Waals surface area (Å²) in [5.74, 6) is -0.00998. The highest BCUT2D eigenvalue weighted by Gasteiger charge is 2.24. The molecule has 0 saturated carbocycles. The van der Waals surface area contributed by atoms with Crippen LogP contribution in [0.15, 0.2) is 18.3 Å². The van der Waals surface area contributed by atoms with Crippen LogP contribution in [0.1, 0.15) is 27.2 Å². The fourth-order valence-electron chi connectivity index (χ4n) is 3.82. The Balaban J connectivity index is 1.70. The first-order valence-corrected chi connectivity index (χ1v) is 9.34. The Labute approximate surface area is 159 Å². The molecule has 142 valence electrons. The number of hydrogen-bond donors (Lipinski definition) is 1. The number of ether oxygens (including phenoxy) is 1. The van der Waals surface area contributed by atoms with Crippen molar-refractivity contribution in [3.8, 4) is 11.3 Å². The fraction of sp³-hybridized carbons (Fsp3) is 0.450. The maximum Gasteiger partial charge on any atom is 0.276 e. The maximum atomic E-state index is 12.8. The fourth-order valence-corrected chi connectivity index (χ4v) is 3.82. The van der Waals surface area contributed by atoms with Crippen LogP contribution in [0.25, 0.3) is 11.3 Å². The van der Waals surface area contributed by atoms with Crippen LogP contribution in [-0.4, -0.2) is 65.6 Å². The number of anilines is 1. The summed E-state index contributed by atoms with van der Waals surface area (Å²) in [6.07, 6.45) is 2.71. The predicted molar refractivity (Wildman–Crippen MR) is 103 cm³/mol. The van der Waals surface area contributed by atoms with Gasteiger partial charge in [0.25, 0.3) is 5.91 Å². The molecule has 0 atom stereocenters. The Morgan fingerprint density at radius 1 is 1.22 bits per heavy atom. The number of nitrogens with two attached hydrogens (primary N) is 1. The second-order valence-corrected chi connectivity index (χ2v) is 7.31. The van der Waals surface area contributed by atoms with E-state index < -0.39 is 0 Å². The molecule has 1 saturated heterocycles. The van der Waals surface area contributed by atoms with Crippen molar-refractivity contribution in [3.05, 3.63) is 40.7 Å². The van der Waals surface area contributed by atoms with Gasteiger partial charge in [0.15, 0.2) is 11.5 Å². The van der Waals surface area contributed by atoms with Crippen molar-refractivity contribution in [1.82, 2.24) is 19.8 Å². The number of likely N-dealkylation sites (N-methyl/N-ethyl adjacent to an activating group) is 1. The molecule has 0 radical (unpaired) electrons. The lowest BCUT2D eigenvalue weighted by atomic mass is 9.92. The molecular weight excluding hydrogens is 342 g/mol. The van der Waals surface area contributed by atoms with Gasteiger partial charge in [-0.05, 0) is 49.2 Å². The zero-order chi connectivity index (χ0) is 19.0. The second-order valence-electron chi connectivity index (χ2n) is 7.31. The monoisotopic (exact) mass is 367 g/mol. The molecular formula is C20H25N5O2. The quantitative estimate of drug-likeness (QED) is 0.866. The first kappa shape index (κ1) is 17.9. The van der Waals surface area contributed by atoms with E-state index in [0.29, 0.717) is 32.0 Å². The van der Waals surface area contributed by atoms with Gasteiger partial charge in [-0.2, -0.15) is 0 Å². The molecule has 2 N–H and O–H groups in total. The van der Waals surface area contributed by atoms with Gasteiger partial charge in [0.1, 0.15) is 0 Å². The highest BCUT2D eigenvalue weighted by molar-refractivity contribution is 5.96. The topological polar surface area (TPSA) is 84.6 Å². The van der Waals surface area contributed by atoms with Gasteiger partial charge in [0.2, 0.25) is 0 Å². The number of carbonyl (C=O) groups is 1. The largest absolute Gasteiger partial charge is 0.382 e. The number of aromatic nitrogens is 2. The average molecular weight is 367 g/mol. The number of carbonyl (C=O) groups excluding carboxylic acids is 1. The number of morpholine rings is 1. The third-order valence-corrected chi connectivity index (χ3v) is 5.35. The van der Waals surface area contributed by atoms with Gasteiger partial charge >= 0.3 is 0 Å². The molecule has 0 bridgehead atoms. The van der Waals surface area contributed by atoms with E-state index in [0.717, 1.165) is 25.1 Å². The Morgan fingerprint density at radius 3 is 2.78 bits per heavy atom. The third-order valence-electron chi connectivity index (χ3n) is 5.35. The summed E-state index contributed by atoms with van der Waals surface area (Å²) in [6, 6.07) is 4.30. The lowest BCUT2D eigenvalue weighted by Crippen LogP contribution is -2.41. The van der Waals surface area contributed by atoms with E-state index in [4.69, 9.17) is 10.5 Å². The van der Waals surface area contributed by atoms with Crippen molar-refractivity contribution in [3.63, 3.8) is 0 Å². The molecule has 0 unspecified atom stereocenters. The number of hydrogen-bond acceptors (Lipinski definition) is 6. The normalized spacial score (nSPS) is 17.6. The molecule has 2 aromatic rings. The van der Waals surface area contributed by atoms with Gasteiger partial charge in [-0.25, -0.2) is 9.97 Å². The van der Waals surface area contributed by atoms with Crippen LogP contribution in [0.4, 0.5) is 5.82 Å². The third kappa shape index (κ3) is 3.52. The number of fused-ring (bicyclic) bond motifs is 1. The summed E-state index contributed by atoms with van der Waals surface area (Å²) in [5, 5.41) is 0. The number of amides is 1. The van der Waals surface area contributed by atoms with Crippen LogP contribution in [0.5, 0.6) is 0 Å². The number of nitrogens with zero attached hydrogens (tertiary/aromatic N) is 4. The van der Waals surface area contributed by atoms with Crippen LogP contribution in [0, 0.1) is 6.92 Å². The molecule has 2 aliphatic rings. The number of benzene rings is 1. The van der Waals surface area contributed by atoms with Gasteiger partial charge < -0.3 is 20.3 Å². The smallest absolute Gasteiger partial charge is 0.276 e. The minimum Gasteiger partial charge on any atom is -0.382 e. The summed E-state index contributed by atoms with van der Waals surface area (Å²) in [4.78, 5) is 25.7. The van der Waals surface area contributed by atoms with E-state index in [-0.39, 0.29) is 17.4 Å². The van der Waals surface area contributed by atoms with Gasteiger partial charge in [-0.3, -0.25) is 4.79 Å². The van der Waals surface area contributed by atoms with Crippen LogP contribution >= 0.6 is 0 Å². The standard InChI is InChI=1S/C20H25N5O2/c1-13-9-14(10-15-12-24(2)4-3-16(13)15)17-11-22-19(21)18(23-17)20(26)25-5-7-27-8-6-25/h9-11H,3-8,12H2,1-2H3,(H2,21,22). The Bertz CT molecular complexity index is 877. The molecule has 4 rings (SSSR count). The first-order chi connectivity index (χ1) is 13.0. The lowest BCUT2D eigenvalue weighted by Gasteiger charge is -2.27. The highest BCUT2D eigenvalue weighted by atomic mass is 16.5. The van der Waals surface area contributed by atoms with E-state index in [1.165, 1.54) is 16.7 Å². The van der Waals surface area contributed by atoms with E-state index in [1.807, 2.05) is 0 Å². The Morgan fingerprint density at radius 2 is 2.00 bits per heavy atom. The molecule has 1 aromatic carbocycles. The molecule has 0 aliphatic carbocycles. The zero-order valence-electron chi connectivity index (χ0n) is 15.9. The summed E-state index contributed by atoms with van der Waals surface area (Å²) < 4.78 is 5.32. The van der Waals surface area contributed by atoms with Crippen molar-refractivity contribution >= 4 is 11.7 Å². The summed E-state index contributed by atoms with van der Waals surface area (Å²) in [6.45, 7) is 6.31. The van der Waals surface area contributed by atoms with Gasteiger partial charge in [-0.15, -0.1) is 0 Å². The van der Waals surface area contributed by atoms with Crippen molar-refractivity contribution < 1.29 is 9.53 Å². The van der Waals surface area contributed by atoms with Crippen molar-refractivity contribution in [2.75, 3.05) is 45.6 Å². The molecule has 2 aliphatic heterocycles. The minimum absolute atomic E-state index is 0.171. The van der Waals surface area contributed by atoms with Crippen LogP contribution in [0.2, 0.25) is 0 Å². The average Bonchev–Trinajstić information content (AvgIpc) is 2.68. The van der Waals surface area contributed by atoms with Crippen molar-refractivity contribution in [2.45, 2.75) is 19.9 Å². The molecule has 3 heterocycles. The Hall–Kier alpha value is -2.51. The molecule has 0 spiro atoms. The predicted octanol–water partition coefficient (Wildman–Crippen LogP) is 1.49. The first-order valence-electron chi connectivity index (χ1n) is 9.34. The van der Waals surface area contributed by atoms with Crippen LogP contribution in [-0.2, 0) is 17.7 Å². The highest BCUT2D eigenvalue weighted by Crippen LogP contribution is 2.28. The minimum atomic E-state index is -0.181. The maximum absolute atomic E-state index is 12.8. The second kappa shape index (κ2) is 7.25. The van der Waals surface area contributed by atoms with E-state index in [9.17, 15) is 4.79 Å². The van der Waals surface area contributed by atoms with Crippen molar-refractivity contribution in [2.24, 2.45) is 0 Å². The molecule has 27 heavy (non-hydrogen) atoms. The van der Waals surface area contributed by atoms with Crippen molar-refractivity contribution in [1.29, 1.82) is 0 Å². The summed E-state index contributed by atoms with van der Waals surface area (Å²) in [7, 11) is 2.13. The van der Waals surface area contributed by atoms with E-state index in [1.54, 1.807) is 11.1 Å². The Kier molecular flexibility index (Phi) is 4.80. The summed E-state index contributed by atoms with van der Waals surface area (Å²) >= 11 is 0. The molecule has 7 nitrogen and oxygen atoms in total. The van der Waals surface area contributed by atoms with Crippen LogP contribution in [0.3, 0.4) is 0 Å². The molecule has 7 heteroatoms. The summed E-state index contributed by atoms with van der Waals surface area (Å²) in [5.41, 5.74) is 11.9. The SMILES string of the molecule is Cc1cc(-c2cnc(N)c(C(=O)N3CCOCC3)n2)cc2c1CCN(C)C2. The van der Waals surface area contributed by atoms with Gasteiger partial charge in [-0.1, -0.05) is 0 Å². The zero-order valence-corrected chi connectivity index (χ0v) is 15.9. The lowest BCUT2D eigenvalue weighted by molar-refractivity contribution is 0.0299. The molecule has 1 aromatic heterocycles. The van der Waals surface area contributed by atoms with Gasteiger partial charge in [0, 0.05) is 31.7 Å². The van der Waals surface area contributed by atoms with Crippen LogP contribution < -0.4 is 5.73 Å².